The van der Waals surface area contributed by atoms with Crippen LogP contribution in [0.25, 0.3) is 0 Å². The van der Waals surface area contributed by atoms with Crippen LogP contribution in [0.15, 0.2) is 78.9 Å². The maximum Gasteiger partial charge on any atom is 0.254 e. The van der Waals surface area contributed by atoms with Crippen LogP contribution in [0.3, 0.4) is 0 Å². The normalized spacial score (nSPS) is 14.6. The molecule has 1 aliphatic heterocycles. The van der Waals surface area contributed by atoms with Gasteiger partial charge in [-0.15, -0.1) is 0 Å². The lowest BCUT2D eigenvalue weighted by Crippen LogP contribution is -2.35. The summed E-state index contributed by atoms with van der Waals surface area (Å²) in [5.41, 5.74) is 2.90. The van der Waals surface area contributed by atoms with Gasteiger partial charge in [-0.05, 0) is 42.3 Å². The second-order valence-electron chi connectivity index (χ2n) is 8.03. The van der Waals surface area contributed by atoms with E-state index in [2.05, 4.69) is 17.0 Å². The van der Waals surface area contributed by atoms with E-state index in [4.69, 9.17) is 9.47 Å². The lowest BCUT2D eigenvalue weighted by molar-refractivity contribution is 0.0758. The van der Waals surface area contributed by atoms with Crippen molar-refractivity contribution in [2.24, 2.45) is 0 Å². The average Bonchev–Trinajstić information content (AvgIpc) is 3.09. The largest absolute Gasteiger partial charge is 0.497 e. The molecule has 1 heterocycles. The molecule has 1 amide bonds. The van der Waals surface area contributed by atoms with Crippen LogP contribution in [0.4, 0.5) is 0 Å². The van der Waals surface area contributed by atoms with E-state index in [1.165, 1.54) is 5.56 Å². The zero-order chi connectivity index (χ0) is 22.2. The predicted octanol–water partition coefficient (Wildman–Crippen LogP) is 4.62. The quantitative estimate of drug-likeness (QED) is 0.548. The van der Waals surface area contributed by atoms with Crippen molar-refractivity contribution in [3.63, 3.8) is 0 Å². The summed E-state index contributed by atoms with van der Waals surface area (Å²) in [4.78, 5) is 17.8. The highest BCUT2D eigenvalue weighted by Crippen LogP contribution is 2.18. The number of methoxy groups -OCH3 is 1. The van der Waals surface area contributed by atoms with Crippen molar-refractivity contribution >= 4 is 5.91 Å². The first-order valence-electron chi connectivity index (χ1n) is 11.1. The summed E-state index contributed by atoms with van der Waals surface area (Å²) in [7, 11) is 1.68. The number of benzene rings is 3. The van der Waals surface area contributed by atoms with Crippen molar-refractivity contribution in [1.29, 1.82) is 0 Å². The molecule has 3 aromatic carbocycles. The third-order valence-corrected chi connectivity index (χ3v) is 5.83. The Kier molecular flexibility index (Phi) is 7.41. The number of rotatable bonds is 7. The molecule has 3 aromatic rings. The molecule has 0 N–H and O–H groups in total. The summed E-state index contributed by atoms with van der Waals surface area (Å²) >= 11 is 0. The molecule has 0 bridgehead atoms. The number of hydrogen-bond acceptors (Lipinski definition) is 4. The summed E-state index contributed by atoms with van der Waals surface area (Å²) in [5.74, 6) is 1.76. The first-order valence-corrected chi connectivity index (χ1v) is 11.1. The average molecular weight is 431 g/mol. The van der Waals surface area contributed by atoms with Crippen LogP contribution in [0.1, 0.15) is 27.9 Å². The molecule has 166 valence electrons. The number of hydrogen-bond donors (Lipinski definition) is 0. The van der Waals surface area contributed by atoms with Crippen LogP contribution >= 0.6 is 0 Å². The van der Waals surface area contributed by atoms with Crippen LogP contribution < -0.4 is 9.47 Å². The molecule has 5 heteroatoms. The van der Waals surface area contributed by atoms with Crippen LogP contribution in [0.5, 0.6) is 11.5 Å². The maximum atomic E-state index is 13.4. The number of amides is 1. The monoisotopic (exact) mass is 430 g/mol. The van der Waals surface area contributed by atoms with Crippen molar-refractivity contribution < 1.29 is 14.3 Å². The van der Waals surface area contributed by atoms with Gasteiger partial charge in [0.15, 0.2) is 0 Å². The van der Waals surface area contributed by atoms with E-state index in [0.29, 0.717) is 6.61 Å². The molecule has 1 aliphatic rings. The summed E-state index contributed by atoms with van der Waals surface area (Å²) < 4.78 is 11.2. The molecule has 0 spiro atoms. The van der Waals surface area contributed by atoms with Crippen molar-refractivity contribution in [3.05, 3.63) is 95.6 Å². The minimum absolute atomic E-state index is 0.0866. The molecule has 0 aliphatic carbocycles. The van der Waals surface area contributed by atoms with Gasteiger partial charge in [-0.1, -0.05) is 48.5 Å². The van der Waals surface area contributed by atoms with Gasteiger partial charge in [0.25, 0.3) is 5.91 Å². The van der Waals surface area contributed by atoms with Gasteiger partial charge in [-0.25, -0.2) is 0 Å². The van der Waals surface area contributed by atoms with E-state index in [9.17, 15) is 4.79 Å². The standard InChI is InChI=1S/C27H30N2O3/c1-31-24-14-12-22(13-15-24)20-28-16-7-17-29(19-18-28)27(30)26-11-6-5-8-23(26)21-32-25-9-3-2-4-10-25/h2-6,8-15H,7,16-21H2,1H3. The topological polar surface area (TPSA) is 42.0 Å². The van der Waals surface area contributed by atoms with Crippen molar-refractivity contribution in [1.82, 2.24) is 9.80 Å². The van der Waals surface area contributed by atoms with Gasteiger partial charge in [0, 0.05) is 43.9 Å². The number of carbonyl (C=O) groups excluding carboxylic acids is 1. The molecule has 0 unspecified atom stereocenters. The second-order valence-corrected chi connectivity index (χ2v) is 8.03. The zero-order valence-electron chi connectivity index (χ0n) is 18.6. The van der Waals surface area contributed by atoms with Gasteiger partial charge >= 0.3 is 0 Å². The van der Waals surface area contributed by atoms with Gasteiger partial charge in [0.05, 0.1) is 7.11 Å². The van der Waals surface area contributed by atoms with Crippen molar-refractivity contribution in [2.45, 2.75) is 19.6 Å². The summed E-state index contributed by atoms with van der Waals surface area (Å²) in [6, 6.07) is 25.7. The van der Waals surface area contributed by atoms with Gasteiger partial charge in [0.2, 0.25) is 0 Å². The van der Waals surface area contributed by atoms with Gasteiger partial charge in [-0.3, -0.25) is 9.69 Å². The Morgan fingerprint density at radius 2 is 1.56 bits per heavy atom. The zero-order valence-corrected chi connectivity index (χ0v) is 18.6. The summed E-state index contributed by atoms with van der Waals surface area (Å²) in [6.45, 7) is 4.60. The number of nitrogens with zero attached hydrogens (tertiary/aromatic N) is 2. The van der Waals surface area contributed by atoms with Gasteiger partial charge < -0.3 is 14.4 Å². The minimum Gasteiger partial charge on any atom is -0.497 e. The number of ether oxygens (including phenoxy) is 2. The third kappa shape index (κ3) is 5.68. The van der Waals surface area contributed by atoms with Crippen molar-refractivity contribution in [2.75, 3.05) is 33.3 Å². The van der Waals surface area contributed by atoms with E-state index < -0.39 is 0 Å². The van der Waals surface area contributed by atoms with Crippen LogP contribution in [0, 0.1) is 0 Å². The van der Waals surface area contributed by atoms with Crippen LogP contribution in [-0.2, 0) is 13.2 Å². The Hall–Kier alpha value is -3.31. The second kappa shape index (κ2) is 10.8. The predicted molar refractivity (Wildman–Crippen MR) is 126 cm³/mol. The van der Waals surface area contributed by atoms with E-state index >= 15 is 0 Å². The molecular formula is C27H30N2O3. The molecule has 5 nitrogen and oxygen atoms in total. The number of carbonyl (C=O) groups is 1. The Morgan fingerprint density at radius 3 is 2.34 bits per heavy atom. The first-order chi connectivity index (χ1) is 15.7. The van der Waals surface area contributed by atoms with Gasteiger partial charge in [0.1, 0.15) is 18.1 Å². The SMILES string of the molecule is COc1ccc(CN2CCCN(C(=O)c3ccccc3COc3ccccc3)CC2)cc1. The van der Waals surface area contributed by atoms with Crippen LogP contribution in [-0.4, -0.2) is 49.0 Å². The molecule has 0 aromatic heterocycles. The van der Waals surface area contributed by atoms with Crippen molar-refractivity contribution in [3.8, 4) is 11.5 Å². The molecule has 0 atom stereocenters. The molecule has 1 saturated heterocycles. The summed E-state index contributed by atoms with van der Waals surface area (Å²) in [5, 5.41) is 0. The van der Waals surface area contributed by atoms with E-state index in [1.54, 1.807) is 7.11 Å². The van der Waals surface area contributed by atoms with E-state index in [-0.39, 0.29) is 5.91 Å². The Morgan fingerprint density at radius 1 is 0.812 bits per heavy atom. The fourth-order valence-corrected chi connectivity index (χ4v) is 4.02. The number of para-hydroxylation sites is 1. The Labute approximate surface area is 190 Å². The highest BCUT2D eigenvalue weighted by molar-refractivity contribution is 5.95. The fraction of sp³-hybridized carbons (Fsp3) is 0.296. The smallest absolute Gasteiger partial charge is 0.254 e. The van der Waals surface area contributed by atoms with Crippen LogP contribution in [0.2, 0.25) is 0 Å². The lowest BCUT2D eigenvalue weighted by atomic mass is 10.1. The highest BCUT2D eigenvalue weighted by Gasteiger charge is 2.22. The maximum absolute atomic E-state index is 13.4. The first kappa shape index (κ1) is 21.9. The molecule has 1 fully saturated rings. The molecule has 0 radical (unpaired) electrons. The fourth-order valence-electron chi connectivity index (χ4n) is 4.02. The Bertz CT molecular complexity index is 1000. The molecule has 0 saturated carbocycles. The van der Waals surface area contributed by atoms with E-state index in [1.807, 2.05) is 71.6 Å². The summed E-state index contributed by atoms with van der Waals surface area (Å²) in [6.07, 6.45) is 0.963. The molecule has 32 heavy (non-hydrogen) atoms. The van der Waals surface area contributed by atoms with Gasteiger partial charge in [-0.2, -0.15) is 0 Å². The van der Waals surface area contributed by atoms with E-state index in [0.717, 1.165) is 61.8 Å². The highest BCUT2D eigenvalue weighted by atomic mass is 16.5. The lowest BCUT2D eigenvalue weighted by Gasteiger charge is -2.23. The molecular weight excluding hydrogens is 400 g/mol. The minimum atomic E-state index is 0.0866. The Balaban J connectivity index is 1.37. The molecule has 4 rings (SSSR count). The third-order valence-electron chi connectivity index (χ3n) is 5.83.